The van der Waals surface area contributed by atoms with Gasteiger partial charge in [0.05, 0.1) is 5.56 Å². The lowest BCUT2D eigenvalue weighted by molar-refractivity contribution is -0.139. The first-order chi connectivity index (χ1) is 8.45. The highest BCUT2D eigenvalue weighted by Crippen LogP contribution is 2.09. The zero-order chi connectivity index (χ0) is 13.7. The molecule has 0 saturated carbocycles. The third-order valence-electron chi connectivity index (χ3n) is 2.10. The van der Waals surface area contributed by atoms with Crippen molar-refractivity contribution in [2.75, 3.05) is 0 Å². The van der Waals surface area contributed by atoms with Crippen LogP contribution in [0.4, 0.5) is 8.78 Å². The molecule has 1 aromatic carbocycles. The minimum atomic E-state index is -1.33. The highest BCUT2D eigenvalue weighted by Gasteiger charge is 2.21. The van der Waals surface area contributed by atoms with Crippen molar-refractivity contribution in [1.82, 2.24) is 5.32 Å². The number of rotatable bonds is 4. The molecular formula is C12H9F2NO3. The summed E-state index contributed by atoms with van der Waals surface area (Å²) in [5.74, 6) is -2.12. The number of hydrogen-bond acceptors (Lipinski definition) is 2. The second kappa shape index (κ2) is 5.77. The summed E-state index contributed by atoms with van der Waals surface area (Å²) < 4.78 is 25.9. The summed E-state index contributed by atoms with van der Waals surface area (Å²) in [6.07, 6.45) is 4.71. The Bertz CT molecular complexity index is 523. The Morgan fingerprint density at radius 1 is 1.44 bits per heavy atom. The summed E-state index contributed by atoms with van der Waals surface area (Å²) in [7, 11) is 0. The van der Waals surface area contributed by atoms with Gasteiger partial charge in [0.2, 0.25) is 0 Å². The number of nitrogens with one attached hydrogen (secondary N) is 1. The number of carboxylic acid groups (broad SMARTS) is 1. The van der Waals surface area contributed by atoms with Crippen LogP contribution in [0.3, 0.4) is 0 Å². The third kappa shape index (κ3) is 3.28. The van der Waals surface area contributed by atoms with Crippen LogP contribution in [0, 0.1) is 24.0 Å². The van der Waals surface area contributed by atoms with Crippen LogP contribution in [0.25, 0.3) is 0 Å². The first-order valence-electron chi connectivity index (χ1n) is 4.88. The van der Waals surface area contributed by atoms with Gasteiger partial charge in [0.25, 0.3) is 5.91 Å². The molecule has 0 unspecified atom stereocenters. The average molecular weight is 253 g/mol. The molecule has 2 N–H and O–H groups in total. The maximum atomic E-state index is 13.2. The fourth-order valence-electron chi connectivity index (χ4n) is 1.23. The molecule has 0 spiro atoms. The highest BCUT2D eigenvalue weighted by molar-refractivity contribution is 5.96. The summed E-state index contributed by atoms with van der Waals surface area (Å²) in [5, 5.41) is 10.8. The van der Waals surface area contributed by atoms with Gasteiger partial charge in [-0.15, -0.1) is 12.3 Å². The van der Waals surface area contributed by atoms with Gasteiger partial charge in [0.15, 0.2) is 0 Å². The van der Waals surface area contributed by atoms with E-state index in [2.05, 4.69) is 11.2 Å². The lowest BCUT2D eigenvalue weighted by Crippen LogP contribution is -2.40. The van der Waals surface area contributed by atoms with E-state index in [-0.39, 0.29) is 6.42 Å². The molecule has 0 aliphatic heterocycles. The molecule has 0 fully saturated rings. The predicted molar refractivity (Wildman–Crippen MR) is 58.7 cm³/mol. The van der Waals surface area contributed by atoms with Gasteiger partial charge < -0.3 is 10.4 Å². The van der Waals surface area contributed by atoms with Gasteiger partial charge in [-0.25, -0.2) is 13.6 Å². The number of carbonyl (C=O) groups excluding carboxylic acids is 1. The standard InChI is InChI=1S/C12H9F2NO3/c1-2-3-10(12(17)18)15-11(16)8-5-4-7(13)6-9(8)14/h1,4-6,10H,3H2,(H,15,16)(H,17,18)/t10-/m1/s1. The van der Waals surface area contributed by atoms with Crippen molar-refractivity contribution in [3.8, 4) is 12.3 Å². The Hall–Kier alpha value is -2.42. The number of carbonyl (C=O) groups is 2. The molecule has 0 aliphatic rings. The minimum absolute atomic E-state index is 0.232. The molecule has 0 saturated heterocycles. The zero-order valence-corrected chi connectivity index (χ0v) is 9.11. The lowest BCUT2D eigenvalue weighted by atomic mass is 10.1. The fourth-order valence-corrected chi connectivity index (χ4v) is 1.23. The van der Waals surface area contributed by atoms with Crippen molar-refractivity contribution >= 4 is 11.9 Å². The summed E-state index contributed by atoms with van der Waals surface area (Å²) in [4.78, 5) is 22.3. The molecule has 0 heterocycles. The first-order valence-corrected chi connectivity index (χ1v) is 4.88. The molecule has 1 atom stereocenters. The average Bonchev–Trinajstić information content (AvgIpc) is 2.27. The number of terminal acetylenes is 1. The monoisotopic (exact) mass is 253 g/mol. The van der Waals surface area contributed by atoms with Crippen LogP contribution in [-0.2, 0) is 4.79 Å². The van der Waals surface area contributed by atoms with Gasteiger partial charge >= 0.3 is 5.97 Å². The summed E-state index contributed by atoms with van der Waals surface area (Å²) in [5.41, 5.74) is -0.445. The van der Waals surface area contributed by atoms with Crippen molar-refractivity contribution < 1.29 is 23.5 Å². The Kier molecular flexibility index (Phi) is 4.38. The van der Waals surface area contributed by atoms with E-state index in [1.165, 1.54) is 0 Å². The van der Waals surface area contributed by atoms with Crippen LogP contribution in [0.2, 0.25) is 0 Å². The first kappa shape index (κ1) is 13.6. The molecule has 0 radical (unpaired) electrons. The van der Waals surface area contributed by atoms with Crippen molar-refractivity contribution in [2.24, 2.45) is 0 Å². The molecule has 1 rings (SSSR count). The summed E-state index contributed by atoms with van der Waals surface area (Å²) >= 11 is 0. The summed E-state index contributed by atoms with van der Waals surface area (Å²) in [6.45, 7) is 0. The van der Waals surface area contributed by atoms with Crippen LogP contribution in [0.15, 0.2) is 18.2 Å². The molecule has 0 aliphatic carbocycles. The van der Waals surface area contributed by atoms with E-state index in [9.17, 15) is 18.4 Å². The molecular weight excluding hydrogens is 244 g/mol. The minimum Gasteiger partial charge on any atom is -0.480 e. The van der Waals surface area contributed by atoms with E-state index in [0.29, 0.717) is 6.07 Å². The van der Waals surface area contributed by atoms with E-state index in [0.717, 1.165) is 12.1 Å². The molecule has 4 nitrogen and oxygen atoms in total. The Morgan fingerprint density at radius 2 is 2.11 bits per heavy atom. The number of hydrogen-bond donors (Lipinski definition) is 2. The third-order valence-corrected chi connectivity index (χ3v) is 2.10. The zero-order valence-electron chi connectivity index (χ0n) is 9.11. The summed E-state index contributed by atoms with van der Waals surface area (Å²) in [6, 6.07) is 1.04. The maximum absolute atomic E-state index is 13.2. The van der Waals surface area contributed by atoms with E-state index in [1.807, 2.05) is 0 Å². The van der Waals surface area contributed by atoms with Gasteiger partial charge in [0.1, 0.15) is 17.7 Å². The van der Waals surface area contributed by atoms with E-state index in [4.69, 9.17) is 11.5 Å². The fraction of sp³-hybridized carbons (Fsp3) is 0.167. The number of aliphatic carboxylic acids is 1. The van der Waals surface area contributed by atoms with Crippen molar-refractivity contribution in [1.29, 1.82) is 0 Å². The van der Waals surface area contributed by atoms with Crippen molar-refractivity contribution in [2.45, 2.75) is 12.5 Å². The van der Waals surface area contributed by atoms with Gasteiger partial charge in [-0.3, -0.25) is 4.79 Å². The smallest absolute Gasteiger partial charge is 0.327 e. The van der Waals surface area contributed by atoms with Gasteiger partial charge in [-0.2, -0.15) is 0 Å². The van der Waals surface area contributed by atoms with Gasteiger partial charge in [-0.1, -0.05) is 0 Å². The van der Waals surface area contributed by atoms with E-state index < -0.39 is 35.1 Å². The Morgan fingerprint density at radius 3 is 2.61 bits per heavy atom. The molecule has 0 aromatic heterocycles. The number of benzene rings is 1. The largest absolute Gasteiger partial charge is 0.480 e. The quantitative estimate of drug-likeness (QED) is 0.791. The maximum Gasteiger partial charge on any atom is 0.327 e. The van der Waals surface area contributed by atoms with Crippen molar-refractivity contribution in [3.63, 3.8) is 0 Å². The van der Waals surface area contributed by atoms with E-state index >= 15 is 0 Å². The van der Waals surface area contributed by atoms with Crippen molar-refractivity contribution in [3.05, 3.63) is 35.4 Å². The second-order valence-corrected chi connectivity index (χ2v) is 3.40. The molecule has 18 heavy (non-hydrogen) atoms. The molecule has 1 amide bonds. The van der Waals surface area contributed by atoms with Gasteiger partial charge in [0, 0.05) is 12.5 Å². The van der Waals surface area contributed by atoms with E-state index in [1.54, 1.807) is 0 Å². The molecule has 94 valence electrons. The Labute approximate surface area is 102 Å². The van der Waals surface area contributed by atoms with Crippen LogP contribution in [-0.4, -0.2) is 23.0 Å². The van der Waals surface area contributed by atoms with Crippen LogP contribution in [0.5, 0.6) is 0 Å². The molecule has 6 heteroatoms. The van der Waals surface area contributed by atoms with Crippen LogP contribution >= 0.6 is 0 Å². The van der Waals surface area contributed by atoms with Crippen LogP contribution < -0.4 is 5.32 Å². The lowest BCUT2D eigenvalue weighted by Gasteiger charge is -2.12. The van der Waals surface area contributed by atoms with Crippen LogP contribution in [0.1, 0.15) is 16.8 Å². The normalized spacial score (nSPS) is 11.4. The number of halogens is 2. The van der Waals surface area contributed by atoms with Gasteiger partial charge in [-0.05, 0) is 12.1 Å². The Balaban J connectivity index is 2.87. The topological polar surface area (TPSA) is 66.4 Å². The highest BCUT2D eigenvalue weighted by atomic mass is 19.1. The SMILES string of the molecule is C#CC[C@@H](NC(=O)c1ccc(F)cc1F)C(=O)O. The number of carboxylic acids is 1. The molecule has 0 bridgehead atoms. The molecule has 1 aromatic rings. The number of amides is 1. The predicted octanol–water partition coefficient (Wildman–Crippen LogP) is 1.17. The second-order valence-electron chi connectivity index (χ2n) is 3.40.